The number of methoxy groups -OCH3 is 1. The number of aromatic amines is 1. The van der Waals surface area contributed by atoms with Crippen LogP contribution < -0.4 is 10.5 Å². The van der Waals surface area contributed by atoms with E-state index in [0.717, 1.165) is 22.2 Å². The molecule has 7 heteroatoms. The van der Waals surface area contributed by atoms with E-state index in [9.17, 15) is 9.18 Å². The van der Waals surface area contributed by atoms with Crippen LogP contribution in [0.15, 0.2) is 60.8 Å². The predicted octanol–water partition coefficient (Wildman–Crippen LogP) is 5.30. The maximum Gasteiger partial charge on any atom is 0.256 e. The highest BCUT2D eigenvalue weighted by Crippen LogP contribution is 2.47. The highest BCUT2D eigenvalue weighted by Gasteiger charge is 2.41. The molecule has 0 saturated carbocycles. The summed E-state index contributed by atoms with van der Waals surface area (Å²) in [5.74, 6) is 0.127. The number of carbonyl (C=O) groups is 1. The Bertz CT molecular complexity index is 1320. The van der Waals surface area contributed by atoms with Crippen molar-refractivity contribution in [2.24, 2.45) is 0 Å². The SMILES string of the molecule is COc1ccc(CN2C(=O)c3c(c(N)cc4[nH]ccc34)C2c2cc(F)ccc2Cl)cc1. The number of ether oxygens (including phenoxy) is 1. The van der Waals surface area contributed by atoms with Crippen LogP contribution in [-0.4, -0.2) is 22.9 Å². The second-order valence-electron chi connectivity index (χ2n) is 7.54. The third kappa shape index (κ3) is 3.11. The monoisotopic (exact) mass is 435 g/mol. The molecule has 0 aliphatic carbocycles. The highest BCUT2D eigenvalue weighted by molar-refractivity contribution is 6.31. The van der Waals surface area contributed by atoms with Crippen LogP contribution in [-0.2, 0) is 6.54 Å². The molecule has 0 saturated heterocycles. The molecule has 0 fully saturated rings. The topological polar surface area (TPSA) is 71.3 Å². The van der Waals surface area contributed by atoms with Gasteiger partial charge in [-0.15, -0.1) is 0 Å². The molecule has 4 aromatic rings. The van der Waals surface area contributed by atoms with Crippen molar-refractivity contribution < 1.29 is 13.9 Å². The van der Waals surface area contributed by atoms with Crippen LogP contribution in [0.25, 0.3) is 10.9 Å². The number of nitrogens with two attached hydrogens (primary N) is 1. The van der Waals surface area contributed by atoms with Gasteiger partial charge < -0.3 is 20.4 Å². The first-order valence-electron chi connectivity index (χ1n) is 9.76. The third-order valence-corrected chi connectivity index (χ3v) is 6.10. The van der Waals surface area contributed by atoms with Crippen molar-refractivity contribution in [3.63, 3.8) is 0 Å². The Balaban J connectivity index is 1.70. The Morgan fingerprint density at radius 1 is 1.16 bits per heavy atom. The van der Waals surface area contributed by atoms with Crippen LogP contribution in [0.1, 0.15) is 33.1 Å². The summed E-state index contributed by atoms with van der Waals surface area (Å²) < 4.78 is 19.4. The first-order chi connectivity index (χ1) is 15.0. The molecule has 1 aliphatic rings. The van der Waals surface area contributed by atoms with Crippen LogP contribution in [0.3, 0.4) is 0 Å². The minimum Gasteiger partial charge on any atom is -0.497 e. The number of halogens is 2. The number of benzene rings is 3. The van der Waals surface area contributed by atoms with Crippen molar-refractivity contribution >= 4 is 34.1 Å². The first-order valence-corrected chi connectivity index (χ1v) is 10.1. The largest absolute Gasteiger partial charge is 0.497 e. The molecule has 0 spiro atoms. The lowest BCUT2D eigenvalue weighted by Gasteiger charge is -2.27. The predicted molar refractivity (Wildman–Crippen MR) is 119 cm³/mol. The molecule has 5 nitrogen and oxygen atoms in total. The van der Waals surface area contributed by atoms with E-state index in [4.69, 9.17) is 22.1 Å². The molecule has 2 heterocycles. The van der Waals surface area contributed by atoms with Gasteiger partial charge in [-0.3, -0.25) is 4.79 Å². The third-order valence-electron chi connectivity index (χ3n) is 5.75. The van der Waals surface area contributed by atoms with Gasteiger partial charge in [-0.25, -0.2) is 4.39 Å². The fourth-order valence-corrected chi connectivity index (χ4v) is 4.54. The van der Waals surface area contributed by atoms with E-state index in [-0.39, 0.29) is 5.91 Å². The van der Waals surface area contributed by atoms with E-state index in [1.54, 1.807) is 24.3 Å². The number of nitrogens with one attached hydrogen (secondary N) is 1. The molecule has 3 N–H and O–H groups in total. The van der Waals surface area contributed by atoms with Crippen LogP contribution in [0.2, 0.25) is 5.02 Å². The molecule has 1 aromatic heterocycles. The second kappa shape index (κ2) is 7.32. The van der Waals surface area contributed by atoms with E-state index in [1.807, 2.05) is 30.3 Å². The van der Waals surface area contributed by atoms with Crippen molar-refractivity contribution in [1.82, 2.24) is 9.88 Å². The smallest absolute Gasteiger partial charge is 0.256 e. The zero-order chi connectivity index (χ0) is 21.7. The lowest BCUT2D eigenvalue weighted by molar-refractivity contribution is 0.0737. The fourth-order valence-electron chi connectivity index (χ4n) is 4.32. The average molecular weight is 436 g/mol. The molecule has 1 unspecified atom stereocenters. The summed E-state index contributed by atoms with van der Waals surface area (Å²) in [4.78, 5) is 18.5. The number of rotatable bonds is 4. The van der Waals surface area contributed by atoms with E-state index < -0.39 is 11.9 Å². The van der Waals surface area contributed by atoms with E-state index in [1.165, 1.54) is 18.2 Å². The fraction of sp³-hybridized carbons (Fsp3) is 0.125. The van der Waals surface area contributed by atoms with E-state index >= 15 is 0 Å². The number of carbonyl (C=O) groups excluding carboxylic acids is 1. The van der Waals surface area contributed by atoms with Crippen molar-refractivity contribution in [3.05, 3.63) is 93.9 Å². The zero-order valence-corrected chi connectivity index (χ0v) is 17.4. The van der Waals surface area contributed by atoms with Gasteiger partial charge in [0.05, 0.1) is 18.7 Å². The Kier molecular flexibility index (Phi) is 4.59. The van der Waals surface area contributed by atoms with Crippen LogP contribution >= 0.6 is 11.6 Å². The van der Waals surface area contributed by atoms with Gasteiger partial charge in [0, 0.05) is 45.5 Å². The number of nitrogens with zero attached hydrogens (tertiary/aromatic N) is 1. The summed E-state index contributed by atoms with van der Waals surface area (Å²) in [6, 6.07) is 14.7. The Labute approximate surface area is 183 Å². The van der Waals surface area contributed by atoms with E-state index in [2.05, 4.69) is 4.98 Å². The number of H-pyrrole nitrogens is 1. The van der Waals surface area contributed by atoms with Crippen molar-refractivity contribution in [2.45, 2.75) is 12.6 Å². The Hall–Kier alpha value is -3.51. The summed E-state index contributed by atoms with van der Waals surface area (Å²) in [5, 5.41) is 1.16. The van der Waals surface area contributed by atoms with Crippen molar-refractivity contribution in [3.8, 4) is 5.75 Å². The number of amides is 1. The average Bonchev–Trinajstić information content (AvgIpc) is 3.33. The molecule has 3 aromatic carbocycles. The minimum atomic E-state index is -0.605. The molecule has 1 aliphatic heterocycles. The van der Waals surface area contributed by atoms with Crippen LogP contribution in [0.4, 0.5) is 10.1 Å². The first kappa shape index (κ1) is 19.5. The maximum atomic E-state index is 14.2. The Morgan fingerprint density at radius 3 is 2.68 bits per heavy atom. The molecular weight excluding hydrogens is 417 g/mol. The molecule has 5 rings (SSSR count). The quantitative estimate of drug-likeness (QED) is 0.427. The molecular formula is C24H19ClFN3O2. The van der Waals surface area contributed by atoms with Crippen LogP contribution in [0, 0.1) is 5.82 Å². The molecule has 1 amide bonds. The summed E-state index contributed by atoms with van der Waals surface area (Å²) >= 11 is 6.48. The second-order valence-corrected chi connectivity index (χ2v) is 7.95. The van der Waals surface area contributed by atoms with Gasteiger partial charge in [0.25, 0.3) is 5.91 Å². The van der Waals surface area contributed by atoms with Gasteiger partial charge in [-0.05, 0) is 48.0 Å². The molecule has 0 bridgehead atoms. The molecule has 31 heavy (non-hydrogen) atoms. The number of anilines is 1. The number of hydrogen-bond donors (Lipinski definition) is 2. The summed E-state index contributed by atoms with van der Waals surface area (Å²) in [7, 11) is 1.60. The zero-order valence-electron chi connectivity index (χ0n) is 16.7. The molecule has 1 atom stereocenters. The molecule has 0 radical (unpaired) electrons. The van der Waals surface area contributed by atoms with E-state index in [0.29, 0.717) is 33.9 Å². The standard InChI is InChI=1S/C24H19ClFN3O2/c1-31-15-5-2-13(3-6-15)12-29-23(17-10-14(26)4-7-18(17)25)22-19(27)11-20-16(8-9-28-20)21(22)24(29)30/h2-11,23,28H,12,27H2,1H3. The van der Waals surface area contributed by atoms with Gasteiger partial charge in [-0.2, -0.15) is 0 Å². The summed E-state index contributed by atoms with van der Waals surface area (Å²) in [6.07, 6.45) is 1.77. The number of hydrogen-bond acceptors (Lipinski definition) is 3. The van der Waals surface area contributed by atoms with Gasteiger partial charge in [0.1, 0.15) is 11.6 Å². The lowest BCUT2D eigenvalue weighted by atomic mass is 9.94. The van der Waals surface area contributed by atoms with Gasteiger partial charge in [0.15, 0.2) is 0 Å². The number of fused-ring (bicyclic) bond motifs is 3. The molecule has 156 valence electrons. The normalized spacial score (nSPS) is 15.5. The summed E-state index contributed by atoms with van der Waals surface area (Å²) in [5.41, 5.74) is 10.2. The van der Waals surface area contributed by atoms with Crippen molar-refractivity contribution in [1.29, 1.82) is 0 Å². The van der Waals surface area contributed by atoms with Gasteiger partial charge in [-0.1, -0.05) is 23.7 Å². The number of aromatic nitrogens is 1. The van der Waals surface area contributed by atoms with Gasteiger partial charge in [0.2, 0.25) is 0 Å². The summed E-state index contributed by atoms with van der Waals surface area (Å²) in [6.45, 7) is 0.306. The van der Waals surface area contributed by atoms with Gasteiger partial charge >= 0.3 is 0 Å². The highest BCUT2D eigenvalue weighted by atomic mass is 35.5. The maximum absolute atomic E-state index is 14.2. The number of nitrogen functional groups attached to an aromatic ring is 1. The van der Waals surface area contributed by atoms with Crippen LogP contribution in [0.5, 0.6) is 5.75 Å². The minimum absolute atomic E-state index is 0.173. The Morgan fingerprint density at radius 2 is 1.94 bits per heavy atom. The van der Waals surface area contributed by atoms with Crippen molar-refractivity contribution in [2.75, 3.05) is 12.8 Å². The lowest BCUT2D eigenvalue weighted by Crippen LogP contribution is -2.28.